The summed E-state index contributed by atoms with van der Waals surface area (Å²) in [5.74, 6) is -0.502. The van der Waals surface area contributed by atoms with Crippen LogP contribution in [0, 0.1) is 12.8 Å². The molecule has 7 nitrogen and oxygen atoms in total. The molecule has 1 aliphatic rings. The van der Waals surface area contributed by atoms with Gasteiger partial charge >= 0.3 is 12.1 Å². The molecule has 2 N–H and O–H groups in total. The number of aryl methyl sites for hydroxylation is 1. The number of nitrogens with zero attached hydrogens (tertiary/aromatic N) is 4. The van der Waals surface area contributed by atoms with Crippen LogP contribution in [-0.4, -0.2) is 56.2 Å². The highest BCUT2D eigenvalue weighted by Crippen LogP contribution is 2.25. The van der Waals surface area contributed by atoms with Gasteiger partial charge in [-0.15, -0.1) is 0 Å². The fourth-order valence-corrected chi connectivity index (χ4v) is 3.96. The van der Waals surface area contributed by atoms with Gasteiger partial charge in [0, 0.05) is 37.9 Å². The summed E-state index contributed by atoms with van der Waals surface area (Å²) in [5.41, 5.74) is 3.12. The molecular weight excluding hydrogens is 459 g/mol. The molecular formula is C25H28F3N5O2. The minimum atomic E-state index is -5.08. The number of rotatable bonds is 6. The molecule has 2 unspecified atom stereocenters. The molecule has 10 heteroatoms. The van der Waals surface area contributed by atoms with Gasteiger partial charge in [-0.1, -0.05) is 36.4 Å². The van der Waals surface area contributed by atoms with E-state index in [1.54, 1.807) is 6.20 Å². The maximum Gasteiger partial charge on any atom is 0.490 e. The number of carboxylic acid groups (broad SMARTS) is 1. The van der Waals surface area contributed by atoms with E-state index in [1.807, 2.05) is 31.2 Å². The first kappa shape index (κ1) is 26.1. The summed E-state index contributed by atoms with van der Waals surface area (Å²) < 4.78 is 31.7. The molecule has 0 aliphatic carbocycles. The number of nitrogens with one attached hydrogen (secondary N) is 1. The van der Waals surface area contributed by atoms with Crippen LogP contribution in [0.25, 0.3) is 11.4 Å². The van der Waals surface area contributed by atoms with Crippen LogP contribution in [0.5, 0.6) is 0 Å². The van der Waals surface area contributed by atoms with E-state index in [0.717, 1.165) is 42.7 Å². The minimum absolute atomic E-state index is 0.600. The summed E-state index contributed by atoms with van der Waals surface area (Å²) in [4.78, 5) is 25.0. The summed E-state index contributed by atoms with van der Waals surface area (Å²) >= 11 is 0. The number of carbonyl (C=O) groups is 1. The molecule has 1 aromatic carbocycles. The summed E-state index contributed by atoms with van der Waals surface area (Å²) in [6.45, 7) is 7.32. The average molecular weight is 488 g/mol. The molecule has 0 saturated carbocycles. The first-order valence-electron chi connectivity index (χ1n) is 11.2. The standard InChI is InChI=1S/C23H27N5.C2HF3O2/c1-17-12-20(16-28(17)15-19-8-4-3-5-9-19)14-25-23-13-22(26-18(2)27-23)21-10-6-7-11-24-21;3-2(4,5)1(6)7/h3-11,13,17,20H,12,14-16H2,1-2H3,(H,25,26,27);(H,6,7). The molecule has 4 rings (SSSR count). The van der Waals surface area contributed by atoms with Crippen molar-refractivity contribution in [3.05, 3.63) is 72.2 Å². The van der Waals surface area contributed by atoms with Crippen molar-refractivity contribution < 1.29 is 23.1 Å². The van der Waals surface area contributed by atoms with Crippen molar-refractivity contribution in [2.45, 2.75) is 39.0 Å². The molecule has 0 bridgehead atoms. The zero-order valence-electron chi connectivity index (χ0n) is 19.5. The van der Waals surface area contributed by atoms with Gasteiger partial charge in [0.05, 0.1) is 11.4 Å². The zero-order valence-corrected chi connectivity index (χ0v) is 19.5. The number of alkyl halides is 3. The van der Waals surface area contributed by atoms with Gasteiger partial charge in [-0.3, -0.25) is 9.88 Å². The van der Waals surface area contributed by atoms with Crippen molar-refractivity contribution in [1.29, 1.82) is 0 Å². The molecule has 1 saturated heterocycles. The van der Waals surface area contributed by atoms with Crippen LogP contribution < -0.4 is 5.32 Å². The Bertz CT molecular complexity index is 1100. The Labute approximate surface area is 202 Å². The third-order valence-corrected chi connectivity index (χ3v) is 5.60. The van der Waals surface area contributed by atoms with Crippen molar-refractivity contribution in [3.8, 4) is 11.4 Å². The molecule has 0 radical (unpaired) electrons. The lowest BCUT2D eigenvalue weighted by atomic mass is 10.1. The molecule has 0 spiro atoms. The van der Waals surface area contributed by atoms with E-state index in [2.05, 4.69) is 62.4 Å². The maximum absolute atomic E-state index is 10.6. The monoisotopic (exact) mass is 487 g/mol. The Kier molecular flexibility index (Phi) is 8.75. The molecule has 0 amide bonds. The molecule has 1 aliphatic heterocycles. The second-order valence-electron chi connectivity index (χ2n) is 8.45. The molecule has 186 valence electrons. The second kappa shape index (κ2) is 11.7. The topological polar surface area (TPSA) is 91.2 Å². The van der Waals surface area contributed by atoms with E-state index in [1.165, 1.54) is 12.0 Å². The number of hydrogen-bond acceptors (Lipinski definition) is 6. The first-order chi connectivity index (χ1) is 16.6. The molecule has 3 heterocycles. The first-order valence-corrected chi connectivity index (χ1v) is 11.2. The number of hydrogen-bond donors (Lipinski definition) is 2. The Morgan fingerprint density at radius 2 is 1.80 bits per heavy atom. The second-order valence-corrected chi connectivity index (χ2v) is 8.45. The summed E-state index contributed by atoms with van der Waals surface area (Å²) in [6.07, 6.45) is -2.09. The Hall–Kier alpha value is -3.53. The molecule has 1 fully saturated rings. The van der Waals surface area contributed by atoms with Crippen molar-refractivity contribution in [1.82, 2.24) is 19.9 Å². The van der Waals surface area contributed by atoms with Crippen molar-refractivity contribution in [2.75, 3.05) is 18.4 Å². The maximum atomic E-state index is 10.6. The number of carboxylic acids is 1. The van der Waals surface area contributed by atoms with Gasteiger partial charge in [-0.2, -0.15) is 13.2 Å². The Balaban J connectivity index is 0.000000429. The SMILES string of the molecule is Cc1nc(NCC2CC(C)N(Cc3ccccc3)C2)cc(-c2ccccn2)n1.O=C(O)C(F)(F)F. The van der Waals surface area contributed by atoms with Crippen LogP contribution in [0.4, 0.5) is 19.0 Å². The van der Waals surface area contributed by atoms with Gasteiger partial charge in [-0.25, -0.2) is 14.8 Å². The van der Waals surface area contributed by atoms with E-state index >= 15 is 0 Å². The fourth-order valence-electron chi connectivity index (χ4n) is 3.96. The van der Waals surface area contributed by atoms with Gasteiger partial charge in [0.15, 0.2) is 0 Å². The van der Waals surface area contributed by atoms with Crippen LogP contribution in [0.15, 0.2) is 60.8 Å². The van der Waals surface area contributed by atoms with Crippen LogP contribution >= 0.6 is 0 Å². The van der Waals surface area contributed by atoms with E-state index in [0.29, 0.717) is 12.0 Å². The van der Waals surface area contributed by atoms with E-state index < -0.39 is 12.1 Å². The predicted octanol–water partition coefficient (Wildman–Crippen LogP) is 4.80. The van der Waals surface area contributed by atoms with Crippen LogP contribution in [-0.2, 0) is 11.3 Å². The zero-order chi connectivity index (χ0) is 25.4. The van der Waals surface area contributed by atoms with Gasteiger partial charge in [0.2, 0.25) is 0 Å². The average Bonchev–Trinajstić information content (AvgIpc) is 3.17. The quantitative estimate of drug-likeness (QED) is 0.516. The predicted molar refractivity (Wildman–Crippen MR) is 127 cm³/mol. The number of aromatic nitrogens is 3. The third-order valence-electron chi connectivity index (χ3n) is 5.60. The summed E-state index contributed by atoms with van der Waals surface area (Å²) in [7, 11) is 0. The molecule has 3 aromatic rings. The van der Waals surface area contributed by atoms with Crippen molar-refractivity contribution >= 4 is 11.8 Å². The van der Waals surface area contributed by atoms with E-state index in [9.17, 15) is 13.2 Å². The number of pyridine rings is 1. The van der Waals surface area contributed by atoms with Crippen LogP contribution in [0.3, 0.4) is 0 Å². The van der Waals surface area contributed by atoms with Crippen molar-refractivity contribution in [3.63, 3.8) is 0 Å². The molecule has 2 atom stereocenters. The summed E-state index contributed by atoms with van der Waals surface area (Å²) in [6, 6.07) is 19.2. The van der Waals surface area contributed by atoms with Crippen molar-refractivity contribution in [2.24, 2.45) is 5.92 Å². The van der Waals surface area contributed by atoms with Gasteiger partial charge < -0.3 is 10.4 Å². The number of halogens is 3. The van der Waals surface area contributed by atoms with Gasteiger partial charge in [-0.05, 0) is 43.9 Å². The lowest BCUT2D eigenvalue weighted by Gasteiger charge is -2.21. The number of anilines is 1. The summed E-state index contributed by atoms with van der Waals surface area (Å²) in [5, 5.41) is 10.7. The smallest absolute Gasteiger partial charge is 0.475 e. The molecule has 2 aromatic heterocycles. The Morgan fingerprint density at radius 1 is 1.11 bits per heavy atom. The third kappa shape index (κ3) is 8.03. The fraction of sp³-hybridized carbons (Fsp3) is 0.360. The number of benzene rings is 1. The highest BCUT2D eigenvalue weighted by Gasteiger charge is 2.38. The number of aliphatic carboxylic acids is 1. The Morgan fingerprint density at radius 3 is 2.43 bits per heavy atom. The highest BCUT2D eigenvalue weighted by molar-refractivity contribution is 5.73. The van der Waals surface area contributed by atoms with Gasteiger partial charge in [0.1, 0.15) is 11.6 Å². The van der Waals surface area contributed by atoms with Gasteiger partial charge in [0.25, 0.3) is 0 Å². The van der Waals surface area contributed by atoms with Crippen LogP contribution in [0.1, 0.15) is 24.7 Å². The number of likely N-dealkylation sites (tertiary alicyclic amines) is 1. The van der Waals surface area contributed by atoms with Crippen LogP contribution in [0.2, 0.25) is 0 Å². The normalized spacial score (nSPS) is 18.0. The lowest BCUT2D eigenvalue weighted by Crippen LogP contribution is -2.27. The van der Waals surface area contributed by atoms with E-state index in [-0.39, 0.29) is 0 Å². The highest BCUT2D eigenvalue weighted by atomic mass is 19.4. The van der Waals surface area contributed by atoms with E-state index in [4.69, 9.17) is 9.90 Å². The minimum Gasteiger partial charge on any atom is -0.475 e. The largest absolute Gasteiger partial charge is 0.490 e. The molecule has 35 heavy (non-hydrogen) atoms. The lowest BCUT2D eigenvalue weighted by molar-refractivity contribution is -0.192.